The molecule has 0 aliphatic carbocycles. The van der Waals surface area contributed by atoms with Crippen molar-refractivity contribution in [1.82, 2.24) is 10.6 Å². The molecule has 2 aromatic heterocycles. The molecule has 2 rings (SSSR count). The van der Waals surface area contributed by atoms with E-state index in [4.69, 9.17) is 9.15 Å². The summed E-state index contributed by atoms with van der Waals surface area (Å²) in [5, 5.41) is 8.85. The number of nitrogens with zero attached hydrogens (tertiary/aromatic N) is 1. The van der Waals surface area contributed by atoms with Gasteiger partial charge < -0.3 is 19.8 Å². The first-order valence-electron chi connectivity index (χ1n) is 7.94. The Kier molecular flexibility index (Phi) is 8.29. The van der Waals surface area contributed by atoms with Gasteiger partial charge in [-0.1, -0.05) is 6.07 Å². The molecule has 126 valence electrons. The predicted molar refractivity (Wildman–Crippen MR) is 95.2 cm³/mol. The summed E-state index contributed by atoms with van der Waals surface area (Å²) in [7, 11) is 1.71. The van der Waals surface area contributed by atoms with E-state index in [-0.39, 0.29) is 0 Å². The zero-order chi connectivity index (χ0) is 16.2. The van der Waals surface area contributed by atoms with E-state index < -0.39 is 0 Å². The number of hydrogen-bond acceptors (Lipinski definition) is 4. The number of methoxy groups -OCH3 is 1. The van der Waals surface area contributed by atoms with Crippen LogP contribution in [0, 0.1) is 0 Å². The monoisotopic (exact) mass is 335 g/mol. The second-order valence-electron chi connectivity index (χ2n) is 5.09. The molecule has 0 saturated heterocycles. The minimum atomic E-state index is 0.734. The lowest BCUT2D eigenvalue weighted by Gasteiger charge is -2.12. The summed E-state index contributed by atoms with van der Waals surface area (Å²) in [6.45, 7) is 3.15. The lowest BCUT2D eigenvalue weighted by Crippen LogP contribution is -2.39. The average molecular weight is 335 g/mol. The fraction of sp³-hybridized carbons (Fsp3) is 0.471. The standard InChI is InChI=1S/C17H25N3O2S/c1-21-12-4-9-18-17(19-10-7-15-5-2-13-22-15)20-11-8-16-6-3-14-23-16/h2-3,5-6,13-14H,4,7-12H2,1H3,(H2,18,19,20). The Bertz CT molecular complexity index is 496. The number of ether oxygens (including phenoxy) is 1. The van der Waals surface area contributed by atoms with Gasteiger partial charge in [0.1, 0.15) is 5.76 Å². The van der Waals surface area contributed by atoms with Gasteiger partial charge in [0, 0.05) is 44.6 Å². The first-order chi connectivity index (χ1) is 11.4. The largest absolute Gasteiger partial charge is 0.469 e. The maximum Gasteiger partial charge on any atom is 0.191 e. The van der Waals surface area contributed by atoms with Gasteiger partial charge in [0.25, 0.3) is 0 Å². The number of hydrogen-bond donors (Lipinski definition) is 2. The van der Waals surface area contributed by atoms with Gasteiger partial charge in [0.2, 0.25) is 0 Å². The van der Waals surface area contributed by atoms with Crippen LogP contribution in [0.15, 0.2) is 45.3 Å². The third kappa shape index (κ3) is 7.34. The van der Waals surface area contributed by atoms with Crippen LogP contribution in [0.1, 0.15) is 17.1 Å². The summed E-state index contributed by atoms with van der Waals surface area (Å²) >= 11 is 1.79. The number of furan rings is 1. The molecular formula is C17H25N3O2S. The molecule has 2 heterocycles. The van der Waals surface area contributed by atoms with Crippen LogP contribution in [0.5, 0.6) is 0 Å². The molecule has 0 saturated carbocycles. The van der Waals surface area contributed by atoms with Crippen LogP contribution in [0.3, 0.4) is 0 Å². The highest BCUT2D eigenvalue weighted by Crippen LogP contribution is 2.08. The molecule has 0 aliphatic heterocycles. The van der Waals surface area contributed by atoms with Crippen molar-refractivity contribution in [1.29, 1.82) is 0 Å². The fourth-order valence-electron chi connectivity index (χ4n) is 2.09. The molecule has 2 aromatic rings. The van der Waals surface area contributed by atoms with Gasteiger partial charge in [-0.15, -0.1) is 11.3 Å². The molecule has 0 aromatic carbocycles. The van der Waals surface area contributed by atoms with E-state index in [9.17, 15) is 0 Å². The molecule has 0 spiro atoms. The van der Waals surface area contributed by atoms with Gasteiger partial charge in [-0.2, -0.15) is 0 Å². The van der Waals surface area contributed by atoms with E-state index in [2.05, 4.69) is 33.1 Å². The Labute approximate surface area is 141 Å². The smallest absolute Gasteiger partial charge is 0.191 e. The molecule has 23 heavy (non-hydrogen) atoms. The zero-order valence-electron chi connectivity index (χ0n) is 13.6. The fourth-order valence-corrected chi connectivity index (χ4v) is 2.80. The molecule has 5 nitrogen and oxygen atoms in total. The Morgan fingerprint density at radius 2 is 2.09 bits per heavy atom. The van der Waals surface area contributed by atoms with Crippen molar-refractivity contribution in [3.8, 4) is 0 Å². The molecule has 2 N–H and O–H groups in total. The summed E-state index contributed by atoms with van der Waals surface area (Å²) in [5.41, 5.74) is 0. The van der Waals surface area contributed by atoms with Gasteiger partial charge in [0.05, 0.1) is 6.26 Å². The molecule has 6 heteroatoms. The topological polar surface area (TPSA) is 58.8 Å². The molecule has 0 radical (unpaired) electrons. The number of thiophene rings is 1. The SMILES string of the molecule is COCCCN=C(NCCc1ccco1)NCCc1cccs1. The van der Waals surface area contributed by atoms with Gasteiger partial charge in [-0.3, -0.25) is 4.99 Å². The van der Waals surface area contributed by atoms with Crippen molar-refractivity contribution in [2.24, 2.45) is 4.99 Å². The van der Waals surface area contributed by atoms with Crippen molar-refractivity contribution in [2.75, 3.05) is 33.4 Å². The third-order valence-corrected chi connectivity index (χ3v) is 4.20. The summed E-state index contributed by atoms with van der Waals surface area (Å²) in [6.07, 6.45) is 4.48. The minimum Gasteiger partial charge on any atom is -0.469 e. The first-order valence-corrected chi connectivity index (χ1v) is 8.82. The van der Waals surface area contributed by atoms with Crippen LogP contribution in [0.25, 0.3) is 0 Å². The number of aliphatic imine (C=N–C) groups is 1. The molecule has 0 unspecified atom stereocenters. The number of nitrogens with one attached hydrogen (secondary N) is 2. The molecule has 0 fully saturated rings. The zero-order valence-corrected chi connectivity index (χ0v) is 14.4. The summed E-state index contributed by atoms with van der Waals surface area (Å²) in [5.74, 6) is 1.83. The number of guanidine groups is 1. The van der Waals surface area contributed by atoms with Crippen LogP contribution >= 0.6 is 11.3 Å². The van der Waals surface area contributed by atoms with Crippen molar-refractivity contribution in [3.05, 3.63) is 46.5 Å². The average Bonchev–Trinajstić information content (AvgIpc) is 3.24. The Morgan fingerprint density at radius 1 is 1.22 bits per heavy atom. The summed E-state index contributed by atoms with van der Waals surface area (Å²) in [4.78, 5) is 5.97. The van der Waals surface area contributed by atoms with Crippen molar-refractivity contribution < 1.29 is 9.15 Å². The molecule has 0 bridgehead atoms. The molecular weight excluding hydrogens is 310 g/mol. The third-order valence-electron chi connectivity index (χ3n) is 3.26. The highest BCUT2D eigenvalue weighted by molar-refractivity contribution is 7.09. The van der Waals surface area contributed by atoms with E-state index in [1.807, 2.05) is 12.1 Å². The first kappa shape index (κ1) is 17.6. The van der Waals surface area contributed by atoms with Crippen LogP contribution < -0.4 is 10.6 Å². The van der Waals surface area contributed by atoms with E-state index in [0.29, 0.717) is 0 Å². The van der Waals surface area contributed by atoms with E-state index >= 15 is 0 Å². The van der Waals surface area contributed by atoms with E-state index in [1.165, 1.54) is 4.88 Å². The van der Waals surface area contributed by atoms with Crippen molar-refractivity contribution >= 4 is 17.3 Å². The minimum absolute atomic E-state index is 0.734. The Balaban J connectivity index is 1.73. The van der Waals surface area contributed by atoms with Crippen LogP contribution in [0.2, 0.25) is 0 Å². The Morgan fingerprint density at radius 3 is 2.78 bits per heavy atom. The van der Waals surface area contributed by atoms with Crippen LogP contribution in [-0.4, -0.2) is 39.3 Å². The molecule has 0 amide bonds. The lowest BCUT2D eigenvalue weighted by molar-refractivity contribution is 0.197. The quantitative estimate of drug-likeness (QED) is 0.398. The van der Waals surface area contributed by atoms with Crippen LogP contribution in [-0.2, 0) is 17.6 Å². The van der Waals surface area contributed by atoms with E-state index in [0.717, 1.165) is 57.2 Å². The van der Waals surface area contributed by atoms with Gasteiger partial charge in [-0.25, -0.2) is 0 Å². The van der Waals surface area contributed by atoms with Crippen molar-refractivity contribution in [2.45, 2.75) is 19.3 Å². The van der Waals surface area contributed by atoms with E-state index in [1.54, 1.807) is 24.7 Å². The molecule has 0 aliphatic rings. The van der Waals surface area contributed by atoms with Gasteiger partial charge >= 0.3 is 0 Å². The highest BCUT2D eigenvalue weighted by atomic mass is 32.1. The lowest BCUT2D eigenvalue weighted by atomic mass is 10.3. The van der Waals surface area contributed by atoms with Gasteiger partial charge in [-0.05, 0) is 36.4 Å². The maximum absolute atomic E-state index is 5.34. The van der Waals surface area contributed by atoms with Gasteiger partial charge in [0.15, 0.2) is 5.96 Å². The second kappa shape index (κ2) is 10.9. The number of rotatable bonds is 10. The Hall–Kier alpha value is -1.79. The predicted octanol–water partition coefficient (Wildman–Crippen LogP) is 2.70. The maximum atomic E-state index is 5.34. The molecule has 0 atom stereocenters. The summed E-state index contributed by atoms with van der Waals surface area (Å²) < 4.78 is 10.4. The van der Waals surface area contributed by atoms with Crippen molar-refractivity contribution in [3.63, 3.8) is 0 Å². The normalized spacial score (nSPS) is 11.6. The summed E-state index contributed by atoms with van der Waals surface area (Å²) in [6, 6.07) is 8.14. The van der Waals surface area contributed by atoms with Crippen LogP contribution in [0.4, 0.5) is 0 Å². The second-order valence-corrected chi connectivity index (χ2v) is 6.12. The highest BCUT2D eigenvalue weighted by Gasteiger charge is 2.01.